The quantitative estimate of drug-likeness (QED) is 0.806. The number of aliphatic carboxylic acids is 1. The Morgan fingerprint density at radius 1 is 1.47 bits per heavy atom. The average Bonchev–Trinajstić information content (AvgIpc) is 2.71. The zero-order valence-electron chi connectivity index (χ0n) is 12.1. The number of likely N-dealkylation sites (tertiary alicyclic amines) is 1. The molecule has 0 aliphatic carbocycles. The second-order valence-electron chi connectivity index (χ2n) is 6.05. The molecule has 0 aromatic carbocycles. The minimum atomic E-state index is -0.859. The monoisotopic (exact) mass is 272 g/mol. The summed E-state index contributed by atoms with van der Waals surface area (Å²) in [6.07, 6.45) is 0.583. The normalized spacial score (nSPS) is 21.3. The third kappa shape index (κ3) is 5.46. The molecule has 1 rings (SSSR count). The molecule has 0 aromatic heterocycles. The van der Waals surface area contributed by atoms with Crippen LogP contribution in [0.1, 0.15) is 34.1 Å². The molecule has 2 unspecified atom stereocenters. The predicted molar refractivity (Wildman–Crippen MR) is 71.0 cm³/mol. The summed E-state index contributed by atoms with van der Waals surface area (Å²) in [6, 6.07) is -0.560. The van der Waals surface area contributed by atoms with E-state index < -0.39 is 17.6 Å². The minimum Gasteiger partial charge on any atom is -0.480 e. The van der Waals surface area contributed by atoms with E-state index in [4.69, 9.17) is 9.84 Å². The summed E-state index contributed by atoms with van der Waals surface area (Å²) in [5, 5.41) is 11.7. The third-order valence-electron chi connectivity index (χ3n) is 3.02. The van der Waals surface area contributed by atoms with Crippen molar-refractivity contribution in [1.29, 1.82) is 0 Å². The first kappa shape index (κ1) is 15.8. The first-order chi connectivity index (χ1) is 8.69. The SMILES string of the molecule is CC(NCC1CCN(C(=O)OC(C)(C)C)C1)C(=O)O. The lowest BCUT2D eigenvalue weighted by atomic mass is 10.1. The fourth-order valence-corrected chi connectivity index (χ4v) is 1.92. The van der Waals surface area contributed by atoms with E-state index in [0.717, 1.165) is 6.42 Å². The fourth-order valence-electron chi connectivity index (χ4n) is 1.92. The maximum atomic E-state index is 11.8. The summed E-state index contributed by atoms with van der Waals surface area (Å²) in [5.74, 6) is -0.573. The molecule has 6 nitrogen and oxygen atoms in total. The number of hydrogen-bond donors (Lipinski definition) is 2. The van der Waals surface area contributed by atoms with Crippen molar-refractivity contribution in [2.75, 3.05) is 19.6 Å². The molecule has 0 aromatic rings. The zero-order chi connectivity index (χ0) is 14.6. The Hall–Kier alpha value is -1.30. The number of nitrogens with zero attached hydrogens (tertiary/aromatic N) is 1. The van der Waals surface area contributed by atoms with Gasteiger partial charge < -0.3 is 20.1 Å². The van der Waals surface area contributed by atoms with Crippen LogP contribution < -0.4 is 5.32 Å². The highest BCUT2D eigenvalue weighted by Gasteiger charge is 2.29. The van der Waals surface area contributed by atoms with Gasteiger partial charge in [-0.2, -0.15) is 0 Å². The van der Waals surface area contributed by atoms with Gasteiger partial charge in [-0.05, 0) is 40.0 Å². The zero-order valence-corrected chi connectivity index (χ0v) is 12.1. The molecule has 2 atom stereocenters. The van der Waals surface area contributed by atoms with Crippen molar-refractivity contribution in [2.45, 2.75) is 45.8 Å². The van der Waals surface area contributed by atoms with E-state index in [1.165, 1.54) is 0 Å². The number of carbonyl (C=O) groups excluding carboxylic acids is 1. The molecular formula is C13H24N2O4. The summed E-state index contributed by atoms with van der Waals surface area (Å²) in [6.45, 7) is 9.03. The second-order valence-corrected chi connectivity index (χ2v) is 6.05. The number of carbonyl (C=O) groups is 2. The van der Waals surface area contributed by atoms with Gasteiger partial charge in [-0.1, -0.05) is 0 Å². The van der Waals surface area contributed by atoms with Crippen molar-refractivity contribution < 1.29 is 19.4 Å². The largest absolute Gasteiger partial charge is 0.480 e. The molecule has 1 fully saturated rings. The molecule has 1 saturated heterocycles. The van der Waals surface area contributed by atoms with Gasteiger partial charge in [0.15, 0.2) is 0 Å². The van der Waals surface area contributed by atoms with Gasteiger partial charge in [-0.3, -0.25) is 4.79 Å². The van der Waals surface area contributed by atoms with Gasteiger partial charge in [0.05, 0.1) is 0 Å². The van der Waals surface area contributed by atoms with Crippen molar-refractivity contribution in [3.05, 3.63) is 0 Å². The van der Waals surface area contributed by atoms with E-state index in [2.05, 4.69) is 5.32 Å². The van der Waals surface area contributed by atoms with Gasteiger partial charge in [0.2, 0.25) is 0 Å². The van der Waals surface area contributed by atoms with Crippen molar-refractivity contribution >= 4 is 12.1 Å². The van der Waals surface area contributed by atoms with Gasteiger partial charge in [-0.25, -0.2) is 4.79 Å². The molecule has 2 N–H and O–H groups in total. The Labute approximate surface area is 114 Å². The molecule has 0 bridgehead atoms. The Kier molecular flexibility index (Phi) is 5.17. The van der Waals surface area contributed by atoms with Crippen LogP contribution in [0.5, 0.6) is 0 Å². The van der Waals surface area contributed by atoms with E-state index in [1.54, 1.807) is 11.8 Å². The van der Waals surface area contributed by atoms with Crippen LogP contribution >= 0.6 is 0 Å². The van der Waals surface area contributed by atoms with Gasteiger partial charge >= 0.3 is 12.1 Å². The maximum absolute atomic E-state index is 11.8. The molecule has 0 radical (unpaired) electrons. The van der Waals surface area contributed by atoms with Gasteiger partial charge in [-0.15, -0.1) is 0 Å². The highest BCUT2D eigenvalue weighted by atomic mass is 16.6. The van der Waals surface area contributed by atoms with Crippen LogP contribution in [0.3, 0.4) is 0 Å². The third-order valence-corrected chi connectivity index (χ3v) is 3.02. The summed E-state index contributed by atoms with van der Waals surface area (Å²) >= 11 is 0. The lowest BCUT2D eigenvalue weighted by molar-refractivity contribution is -0.139. The van der Waals surface area contributed by atoms with Crippen LogP contribution in [-0.4, -0.2) is 53.3 Å². The van der Waals surface area contributed by atoms with Crippen LogP contribution in [0.25, 0.3) is 0 Å². The second kappa shape index (κ2) is 6.23. The molecule has 1 amide bonds. The average molecular weight is 272 g/mol. The lowest BCUT2D eigenvalue weighted by Gasteiger charge is -2.24. The van der Waals surface area contributed by atoms with Crippen molar-refractivity contribution in [3.8, 4) is 0 Å². The highest BCUT2D eigenvalue weighted by Crippen LogP contribution is 2.19. The van der Waals surface area contributed by atoms with Crippen molar-refractivity contribution in [3.63, 3.8) is 0 Å². The molecule has 0 saturated carbocycles. The number of rotatable bonds is 4. The Bertz CT molecular complexity index is 338. The van der Waals surface area contributed by atoms with Crippen LogP contribution in [0.2, 0.25) is 0 Å². The molecule has 110 valence electrons. The summed E-state index contributed by atoms with van der Waals surface area (Å²) < 4.78 is 5.31. The number of amides is 1. The van der Waals surface area contributed by atoms with E-state index in [0.29, 0.717) is 19.6 Å². The van der Waals surface area contributed by atoms with Crippen LogP contribution in [-0.2, 0) is 9.53 Å². The van der Waals surface area contributed by atoms with Crippen LogP contribution in [0.15, 0.2) is 0 Å². The van der Waals surface area contributed by atoms with Crippen molar-refractivity contribution in [2.24, 2.45) is 5.92 Å². The number of carboxylic acid groups (broad SMARTS) is 1. The number of ether oxygens (including phenoxy) is 1. The molecule has 1 aliphatic heterocycles. The fraction of sp³-hybridized carbons (Fsp3) is 0.846. The van der Waals surface area contributed by atoms with Gasteiger partial charge in [0, 0.05) is 19.6 Å². The Morgan fingerprint density at radius 3 is 2.63 bits per heavy atom. The summed E-state index contributed by atoms with van der Waals surface area (Å²) in [7, 11) is 0. The Morgan fingerprint density at radius 2 is 2.11 bits per heavy atom. The molecule has 0 spiro atoms. The molecule has 6 heteroatoms. The first-order valence-corrected chi connectivity index (χ1v) is 6.63. The molecule has 1 heterocycles. The van der Waals surface area contributed by atoms with Gasteiger partial charge in [0.25, 0.3) is 0 Å². The lowest BCUT2D eigenvalue weighted by Crippen LogP contribution is -2.39. The van der Waals surface area contributed by atoms with Crippen LogP contribution in [0.4, 0.5) is 4.79 Å². The molecule has 1 aliphatic rings. The summed E-state index contributed by atoms with van der Waals surface area (Å²) in [4.78, 5) is 24.2. The summed E-state index contributed by atoms with van der Waals surface area (Å²) in [5.41, 5.74) is -0.481. The first-order valence-electron chi connectivity index (χ1n) is 6.63. The number of nitrogens with one attached hydrogen (secondary N) is 1. The van der Waals surface area contributed by atoms with E-state index in [-0.39, 0.29) is 12.0 Å². The highest BCUT2D eigenvalue weighted by molar-refractivity contribution is 5.72. The van der Waals surface area contributed by atoms with Gasteiger partial charge in [0.1, 0.15) is 11.6 Å². The predicted octanol–water partition coefficient (Wildman–Crippen LogP) is 1.31. The Balaban J connectivity index is 2.33. The van der Waals surface area contributed by atoms with E-state index >= 15 is 0 Å². The molecule has 19 heavy (non-hydrogen) atoms. The van der Waals surface area contributed by atoms with E-state index in [9.17, 15) is 9.59 Å². The van der Waals surface area contributed by atoms with Crippen molar-refractivity contribution in [1.82, 2.24) is 10.2 Å². The smallest absolute Gasteiger partial charge is 0.410 e. The van der Waals surface area contributed by atoms with Crippen LogP contribution in [0, 0.1) is 5.92 Å². The molecular weight excluding hydrogens is 248 g/mol. The maximum Gasteiger partial charge on any atom is 0.410 e. The number of carboxylic acids is 1. The topological polar surface area (TPSA) is 78.9 Å². The van der Waals surface area contributed by atoms with E-state index in [1.807, 2.05) is 20.8 Å². The minimum absolute atomic E-state index is 0.286. The number of hydrogen-bond acceptors (Lipinski definition) is 4. The standard InChI is InChI=1S/C13H24N2O4/c1-9(11(16)17)14-7-10-5-6-15(8-10)12(18)19-13(2,3)4/h9-10,14H,5-8H2,1-4H3,(H,16,17).